The van der Waals surface area contributed by atoms with Crippen LogP contribution in [0, 0.1) is 0 Å². The van der Waals surface area contributed by atoms with Crippen molar-refractivity contribution in [1.82, 2.24) is 54.1 Å². The van der Waals surface area contributed by atoms with Gasteiger partial charge in [0.05, 0.1) is 48.3 Å². The number of fused-ring (bicyclic) bond motifs is 2. The number of nitrogens with zero attached hydrogens (tertiary/aromatic N) is 11. The van der Waals surface area contributed by atoms with Gasteiger partial charge in [0.15, 0.2) is 5.65 Å². The Hall–Kier alpha value is -5.39. The molecule has 7 aromatic rings. The van der Waals surface area contributed by atoms with Gasteiger partial charge in [-0.05, 0) is 43.9 Å². The predicted octanol–water partition coefficient (Wildman–Crippen LogP) is 5.11. The second-order valence-electron chi connectivity index (χ2n) is 11.8. The van der Waals surface area contributed by atoms with E-state index in [-0.39, 0.29) is 0 Å². The summed E-state index contributed by atoms with van der Waals surface area (Å²) in [4.78, 5) is 10.5. The molecule has 12 nitrogen and oxygen atoms in total. The fourth-order valence-electron chi connectivity index (χ4n) is 6.28. The molecule has 6 heterocycles. The predicted molar refractivity (Wildman–Crippen MR) is 164 cm³/mol. The topological polar surface area (TPSA) is 119 Å². The lowest BCUT2D eigenvalue weighted by Crippen LogP contribution is -2.01. The summed E-state index contributed by atoms with van der Waals surface area (Å²) < 4.78 is 13.3. The SMILES string of the molecule is COc1nn(-c2ccnnc2)cc1-n1cc2c(-c3nc(-c4cc5cn(C)nc5nc4C4CC4)n(C)c3C3CC3)cccc2n1. The van der Waals surface area contributed by atoms with Gasteiger partial charge < -0.3 is 9.30 Å². The number of imidazole rings is 1. The summed E-state index contributed by atoms with van der Waals surface area (Å²) in [5.41, 5.74) is 8.72. The molecule has 0 unspecified atom stereocenters. The number of ether oxygens (including phenoxy) is 1. The van der Waals surface area contributed by atoms with E-state index in [1.165, 1.54) is 5.69 Å². The summed E-state index contributed by atoms with van der Waals surface area (Å²) in [5.74, 6) is 2.36. The van der Waals surface area contributed by atoms with Crippen LogP contribution in [-0.2, 0) is 14.1 Å². The molecule has 0 saturated heterocycles. The summed E-state index contributed by atoms with van der Waals surface area (Å²) in [6.45, 7) is 0. The van der Waals surface area contributed by atoms with Gasteiger partial charge >= 0.3 is 0 Å². The van der Waals surface area contributed by atoms with E-state index >= 15 is 0 Å². The van der Waals surface area contributed by atoms with E-state index < -0.39 is 0 Å². The summed E-state index contributed by atoms with van der Waals surface area (Å²) >= 11 is 0. The largest absolute Gasteiger partial charge is 0.478 e. The standard InChI is InChI=1S/C32H29N11O/c1-40-15-20-13-23(27(18-7-8-18)35-30(20)38-40)31-36-28(29(41(31)2)19-9-10-19)22-5-4-6-25-24(22)16-43(37-25)26-17-42(39-32(26)44-3)21-11-12-33-34-14-21/h4-6,11-19H,7-10H2,1-3H3. The molecule has 2 saturated carbocycles. The lowest BCUT2D eigenvalue weighted by molar-refractivity contribution is 0.392. The van der Waals surface area contributed by atoms with Gasteiger partial charge in [-0.1, -0.05) is 12.1 Å². The number of rotatable bonds is 7. The van der Waals surface area contributed by atoms with Gasteiger partial charge in [-0.2, -0.15) is 20.4 Å². The van der Waals surface area contributed by atoms with Crippen LogP contribution in [0.4, 0.5) is 0 Å². The highest BCUT2D eigenvalue weighted by Gasteiger charge is 2.35. The van der Waals surface area contributed by atoms with Gasteiger partial charge in [0.2, 0.25) is 0 Å². The number of hydrogen-bond acceptors (Lipinski definition) is 8. The van der Waals surface area contributed by atoms with Gasteiger partial charge in [0.25, 0.3) is 5.88 Å². The Balaban J connectivity index is 1.21. The second kappa shape index (κ2) is 9.30. The molecule has 12 heteroatoms. The van der Waals surface area contributed by atoms with Crippen molar-refractivity contribution in [3.8, 4) is 39.9 Å². The fraction of sp³-hybridized carbons (Fsp3) is 0.281. The monoisotopic (exact) mass is 583 g/mol. The van der Waals surface area contributed by atoms with Crippen molar-refractivity contribution in [2.75, 3.05) is 7.11 Å². The highest BCUT2D eigenvalue weighted by atomic mass is 16.5. The van der Waals surface area contributed by atoms with Crippen LogP contribution in [0.15, 0.2) is 61.3 Å². The molecule has 0 N–H and O–H groups in total. The molecule has 2 aliphatic carbocycles. The molecule has 0 atom stereocenters. The minimum Gasteiger partial charge on any atom is -0.478 e. The van der Waals surface area contributed by atoms with E-state index in [1.54, 1.807) is 24.2 Å². The molecule has 2 fully saturated rings. The number of aromatic nitrogens is 11. The average Bonchev–Trinajstić information content (AvgIpc) is 3.90. The van der Waals surface area contributed by atoms with Gasteiger partial charge in [-0.15, -0.1) is 5.10 Å². The van der Waals surface area contributed by atoms with Crippen molar-refractivity contribution in [1.29, 1.82) is 0 Å². The van der Waals surface area contributed by atoms with Gasteiger partial charge in [-0.25, -0.2) is 19.3 Å². The average molecular weight is 584 g/mol. The lowest BCUT2D eigenvalue weighted by Gasteiger charge is -2.10. The Kier molecular flexibility index (Phi) is 5.32. The maximum Gasteiger partial charge on any atom is 0.259 e. The summed E-state index contributed by atoms with van der Waals surface area (Å²) in [7, 11) is 5.71. The molecular weight excluding hydrogens is 554 g/mol. The molecule has 6 aromatic heterocycles. The van der Waals surface area contributed by atoms with Crippen LogP contribution >= 0.6 is 0 Å². The highest BCUT2D eigenvalue weighted by molar-refractivity contribution is 5.95. The van der Waals surface area contributed by atoms with Crippen LogP contribution in [0.1, 0.15) is 48.9 Å². The molecule has 2 aliphatic rings. The quantitative estimate of drug-likeness (QED) is 0.254. The molecule has 0 amide bonds. The number of aryl methyl sites for hydroxylation is 1. The number of methoxy groups -OCH3 is 1. The first-order chi connectivity index (χ1) is 21.6. The lowest BCUT2D eigenvalue weighted by atomic mass is 10.0. The zero-order valence-electron chi connectivity index (χ0n) is 24.6. The van der Waals surface area contributed by atoms with E-state index in [9.17, 15) is 0 Å². The zero-order chi connectivity index (χ0) is 29.5. The molecule has 0 aliphatic heterocycles. The molecule has 0 spiro atoms. The highest BCUT2D eigenvalue weighted by Crippen LogP contribution is 2.49. The molecule has 0 bridgehead atoms. The van der Waals surface area contributed by atoms with Crippen LogP contribution in [0.5, 0.6) is 5.88 Å². The Labute approximate surface area is 251 Å². The molecular formula is C32H29N11O. The summed E-state index contributed by atoms with van der Waals surface area (Å²) in [6.07, 6.45) is 13.9. The second-order valence-corrected chi connectivity index (χ2v) is 11.8. The van der Waals surface area contributed by atoms with Crippen LogP contribution in [0.3, 0.4) is 0 Å². The third kappa shape index (κ3) is 3.94. The third-order valence-corrected chi connectivity index (χ3v) is 8.69. The van der Waals surface area contributed by atoms with Crippen LogP contribution in [0.25, 0.3) is 56.0 Å². The maximum atomic E-state index is 5.65. The number of benzene rings is 1. The van der Waals surface area contributed by atoms with Gasteiger partial charge in [0.1, 0.15) is 11.5 Å². The first-order valence-electron chi connectivity index (χ1n) is 14.9. The Bertz CT molecular complexity index is 2210. The molecule has 0 radical (unpaired) electrons. The normalized spacial score (nSPS) is 15.1. The Morgan fingerprint density at radius 2 is 1.70 bits per heavy atom. The van der Waals surface area contributed by atoms with Crippen LogP contribution in [-0.4, -0.2) is 61.2 Å². The van der Waals surface area contributed by atoms with Crippen LogP contribution < -0.4 is 4.74 Å². The van der Waals surface area contributed by atoms with Crippen molar-refractivity contribution in [3.05, 3.63) is 72.7 Å². The number of pyridine rings is 1. The molecule has 44 heavy (non-hydrogen) atoms. The Morgan fingerprint density at radius 1 is 0.841 bits per heavy atom. The first-order valence-corrected chi connectivity index (χ1v) is 14.9. The first kappa shape index (κ1) is 25.1. The summed E-state index contributed by atoms with van der Waals surface area (Å²) in [6, 6.07) is 10.3. The van der Waals surface area contributed by atoms with Gasteiger partial charge in [0, 0.05) is 65.9 Å². The minimum atomic E-state index is 0.459. The van der Waals surface area contributed by atoms with E-state index in [0.717, 1.165) is 87.3 Å². The minimum absolute atomic E-state index is 0.459. The molecule has 9 rings (SSSR count). The van der Waals surface area contributed by atoms with Crippen molar-refractivity contribution in [2.45, 2.75) is 37.5 Å². The van der Waals surface area contributed by atoms with E-state index in [0.29, 0.717) is 17.7 Å². The van der Waals surface area contributed by atoms with Crippen molar-refractivity contribution < 1.29 is 4.74 Å². The van der Waals surface area contributed by atoms with Gasteiger partial charge in [-0.3, -0.25) is 4.68 Å². The maximum absolute atomic E-state index is 5.65. The fourth-order valence-corrected chi connectivity index (χ4v) is 6.28. The van der Waals surface area contributed by atoms with E-state index in [1.807, 2.05) is 47.1 Å². The number of hydrogen-bond donors (Lipinski definition) is 0. The Morgan fingerprint density at radius 3 is 2.48 bits per heavy atom. The smallest absolute Gasteiger partial charge is 0.259 e. The summed E-state index contributed by atoms with van der Waals surface area (Å²) in [5, 5.41) is 24.0. The zero-order valence-corrected chi connectivity index (χ0v) is 24.6. The third-order valence-electron chi connectivity index (χ3n) is 8.69. The van der Waals surface area contributed by atoms with Crippen LogP contribution in [0.2, 0.25) is 0 Å². The van der Waals surface area contributed by atoms with E-state index in [4.69, 9.17) is 19.8 Å². The van der Waals surface area contributed by atoms with Crippen molar-refractivity contribution in [3.63, 3.8) is 0 Å². The molecule has 218 valence electrons. The van der Waals surface area contributed by atoms with Crippen molar-refractivity contribution >= 4 is 21.9 Å². The molecule has 1 aromatic carbocycles. The van der Waals surface area contributed by atoms with Crippen molar-refractivity contribution in [2.24, 2.45) is 14.1 Å². The van der Waals surface area contributed by atoms with E-state index in [2.05, 4.69) is 50.2 Å².